The van der Waals surface area contributed by atoms with Crippen LogP contribution >= 0.6 is 23.1 Å². The first kappa shape index (κ1) is 15.1. The first-order valence-electron chi connectivity index (χ1n) is 6.82. The van der Waals surface area contributed by atoms with Crippen LogP contribution in [-0.2, 0) is 6.54 Å². The number of rotatable bonds is 4. The smallest absolute Gasteiger partial charge is 0.292 e. The van der Waals surface area contributed by atoms with Crippen LogP contribution < -0.4 is 4.90 Å². The van der Waals surface area contributed by atoms with Gasteiger partial charge in [0.05, 0.1) is 4.92 Å². The molecule has 22 heavy (non-hydrogen) atoms. The molecule has 0 aliphatic carbocycles. The number of para-hydroxylation sites is 2. The second kappa shape index (κ2) is 6.55. The second-order valence-electron chi connectivity index (χ2n) is 5.00. The van der Waals surface area contributed by atoms with Gasteiger partial charge in [-0.3, -0.25) is 15.0 Å². The minimum atomic E-state index is -0.331. The summed E-state index contributed by atoms with van der Waals surface area (Å²) in [4.78, 5) is 15.1. The van der Waals surface area contributed by atoms with Gasteiger partial charge >= 0.3 is 0 Å². The van der Waals surface area contributed by atoms with Crippen LogP contribution in [0.1, 0.15) is 5.69 Å². The maximum absolute atomic E-state index is 11.1. The van der Waals surface area contributed by atoms with E-state index in [-0.39, 0.29) is 10.6 Å². The first-order chi connectivity index (χ1) is 10.6. The highest BCUT2D eigenvalue weighted by Crippen LogP contribution is 2.28. The Kier molecular flexibility index (Phi) is 4.51. The van der Waals surface area contributed by atoms with Gasteiger partial charge in [-0.1, -0.05) is 28.2 Å². The van der Waals surface area contributed by atoms with Crippen molar-refractivity contribution in [2.24, 2.45) is 0 Å². The third-order valence-electron chi connectivity index (χ3n) is 3.67. The van der Waals surface area contributed by atoms with Crippen molar-refractivity contribution in [3.8, 4) is 0 Å². The zero-order valence-corrected chi connectivity index (χ0v) is 13.3. The highest BCUT2D eigenvalue weighted by atomic mass is 35.5. The minimum absolute atomic E-state index is 0.155. The monoisotopic (exact) mass is 339 g/mol. The molecule has 1 saturated heterocycles. The number of anilines is 1. The molecule has 7 nitrogen and oxygen atoms in total. The lowest BCUT2D eigenvalue weighted by Gasteiger charge is -2.35. The van der Waals surface area contributed by atoms with E-state index in [1.807, 2.05) is 6.07 Å². The Morgan fingerprint density at radius 3 is 2.64 bits per heavy atom. The minimum Gasteiger partial charge on any atom is -0.363 e. The fraction of sp³-hybridized carbons (Fsp3) is 0.385. The average molecular weight is 340 g/mol. The quantitative estimate of drug-likeness (QED) is 0.629. The molecule has 1 aromatic heterocycles. The number of piperazine rings is 1. The van der Waals surface area contributed by atoms with Crippen LogP contribution in [0.4, 0.5) is 11.4 Å². The van der Waals surface area contributed by atoms with E-state index in [1.54, 1.807) is 18.2 Å². The summed E-state index contributed by atoms with van der Waals surface area (Å²) in [7, 11) is 0. The van der Waals surface area contributed by atoms with Gasteiger partial charge in [-0.15, -0.1) is 5.10 Å². The highest BCUT2D eigenvalue weighted by Gasteiger charge is 2.24. The Bertz CT molecular complexity index is 672. The molecular weight excluding hydrogens is 326 g/mol. The molecule has 1 fully saturated rings. The summed E-state index contributed by atoms with van der Waals surface area (Å²) < 4.78 is 4.45. The molecule has 2 heterocycles. The average Bonchev–Trinajstić information content (AvgIpc) is 2.93. The number of halogens is 1. The highest BCUT2D eigenvalue weighted by molar-refractivity contribution is 7.10. The fourth-order valence-electron chi connectivity index (χ4n) is 2.54. The number of hydrogen-bond acceptors (Lipinski definition) is 7. The third-order valence-corrected chi connectivity index (χ3v) is 4.66. The summed E-state index contributed by atoms with van der Waals surface area (Å²) in [6.07, 6.45) is 0. The van der Waals surface area contributed by atoms with Crippen molar-refractivity contribution < 1.29 is 4.92 Å². The van der Waals surface area contributed by atoms with Crippen LogP contribution in [0, 0.1) is 10.1 Å². The Balaban J connectivity index is 1.65. The molecule has 0 N–H and O–H groups in total. The number of aromatic nitrogens is 2. The molecule has 3 rings (SSSR count). The molecule has 0 spiro atoms. The standard InChI is InChI=1S/C13H14ClN5O2S/c14-13-10(15-16-22-13)9-17-5-7-18(8-6-17)11-3-1-2-4-12(11)19(20)21/h1-4H,5-9H2. The lowest BCUT2D eigenvalue weighted by molar-refractivity contribution is -0.384. The lowest BCUT2D eigenvalue weighted by atomic mass is 10.2. The van der Waals surface area contributed by atoms with E-state index >= 15 is 0 Å². The summed E-state index contributed by atoms with van der Waals surface area (Å²) in [5, 5.41) is 15.1. The summed E-state index contributed by atoms with van der Waals surface area (Å²) in [5.74, 6) is 0. The van der Waals surface area contributed by atoms with Gasteiger partial charge in [0.2, 0.25) is 0 Å². The van der Waals surface area contributed by atoms with Crippen molar-refractivity contribution in [3.63, 3.8) is 0 Å². The molecule has 9 heteroatoms. The van der Waals surface area contributed by atoms with E-state index in [9.17, 15) is 10.1 Å². The fourth-order valence-corrected chi connectivity index (χ4v) is 3.15. The summed E-state index contributed by atoms with van der Waals surface area (Å²) in [6, 6.07) is 6.86. The molecule has 1 aliphatic rings. The number of nitro groups is 1. The van der Waals surface area contributed by atoms with Crippen molar-refractivity contribution >= 4 is 34.5 Å². The third kappa shape index (κ3) is 3.18. The van der Waals surface area contributed by atoms with E-state index < -0.39 is 0 Å². The van der Waals surface area contributed by atoms with E-state index in [1.165, 1.54) is 11.5 Å². The van der Waals surface area contributed by atoms with Gasteiger partial charge in [0.15, 0.2) is 0 Å². The number of hydrogen-bond donors (Lipinski definition) is 0. The molecule has 0 radical (unpaired) electrons. The van der Waals surface area contributed by atoms with Gasteiger partial charge in [0.1, 0.15) is 15.7 Å². The maximum Gasteiger partial charge on any atom is 0.292 e. The van der Waals surface area contributed by atoms with Crippen molar-refractivity contribution in [3.05, 3.63) is 44.4 Å². The molecule has 0 unspecified atom stereocenters. The van der Waals surface area contributed by atoms with Crippen LogP contribution in [0.3, 0.4) is 0 Å². The van der Waals surface area contributed by atoms with Crippen LogP contribution in [0.5, 0.6) is 0 Å². The predicted octanol–water partition coefficient (Wildman–Crippen LogP) is 2.42. The maximum atomic E-state index is 11.1. The number of nitrogens with zero attached hydrogens (tertiary/aromatic N) is 5. The first-order valence-corrected chi connectivity index (χ1v) is 7.98. The van der Waals surface area contributed by atoms with Gasteiger partial charge in [-0.05, 0) is 6.07 Å². The largest absolute Gasteiger partial charge is 0.363 e. The summed E-state index contributed by atoms with van der Waals surface area (Å²) in [5.41, 5.74) is 1.63. The van der Waals surface area contributed by atoms with E-state index in [0.717, 1.165) is 31.9 Å². The molecule has 1 aliphatic heterocycles. The number of benzene rings is 1. The number of nitro benzene ring substituents is 1. The van der Waals surface area contributed by atoms with Crippen molar-refractivity contribution in [1.82, 2.24) is 14.5 Å². The van der Waals surface area contributed by atoms with Gasteiger partial charge in [-0.25, -0.2) is 0 Å². The Morgan fingerprint density at radius 1 is 1.27 bits per heavy atom. The van der Waals surface area contributed by atoms with Gasteiger partial charge in [0.25, 0.3) is 5.69 Å². The van der Waals surface area contributed by atoms with E-state index in [4.69, 9.17) is 11.6 Å². The van der Waals surface area contributed by atoms with Crippen LogP contribution in [0.25, 0.3) is 0 Å². The van der Waals surface area contributed by atoms with Gasteiger partial charge in [0, 0.05) is 50.3 Å². The zero-order chi connectivity index (χ0) is 15.5. The SMILES string of the molecule is O=[N+]([O-])c1ccccc1N1CCN(Cc2nnsc2Cl)CC1. The molecular formula is C13H14ClN5O2S. The van der Waals surface area contributed by atoms with Crippen LogP contribution in [0.2, 0.25) is 4.34 Å². The van der Waals surface area contributed by atoms with Gasteiger partial charge < -0.3 is 4.90 Å². The normalized spacial score (nSPS) is 16.0. The lowest BCUT2D eigenvalue weighted by Crippen LogP contribution is -2.46. The van der Waals surface area contributed by atoms with Crippen LogP contribution in [0.15, 0.2) is 24.3 Å². The molecule has 0 bridgehead atoms. The van der Waals surface area contributed by atoms with Crippen molar-refractivity contribution in [2.45, 2.75) is 6.54 Å². The van der Waals surface area contributed by atoms with E-state index in [2.05, 4.69) is 19.4 Å². The van der Waals surface area contributed by atoms with Crippen molar-refractivity contribution in [2.75, 3.05) is 31.1 Å². The van der Waals surface area contributed by atoms with Crippen molar-refractivity contribution in [1.29, 1.82) is 0 Å². The molecule has 1 aromatic carbocycles. The molecule has 2 aromatic rings. The Morgan fingerprint density at radius 2 is 2.00 bits per heavy atom. The molecule has 0 amide bonds. The summed E-state index contributed by atoms with van der Waals surface area (Å²) >= 11 is 7.21. The Hall–Kier alpha value is -1.77. The molecule has 116 valence electrons. The molecule has 0 saturated carbocycles. The van der Waals surface area contributed by atoms with E-state index in [0.29, 0.717) is 16.6 Å². The second-order valence-corrected chi connectivity index (χ2v) is 6.36. The zero-order valence-electron chi connectivity index (χ0n) is 11.7. The topological polar surface area (TPSA) is 75.4 Å². The van der Waals surface area contributed by atoms with Gasteiger partial charge in [-0.2, -0.15) is 0 Å². The Labute approximate surface area is 136 Å². The summed E-state index contributed by atoms with van der Waals surface area (Å²) in [6.45, 7) is 3.75. The predicted molar refractivity (Wildman–Crippen MR) is 85.5 cm³/mol. The molecule has 0 atom stereocenters. The van der Waals surface area contributed by atoms with Crippen LogP contribution in [-0.4, -0.2) is 45.6 Å².